The molecular weight excluding hydrogens is 388 g/mol. The van der Waals surface area contributed by atoms with E-state index in [1.807, 2.05) is 18.2 Å². The number of hydrogen-bond acceptors (Lipinski definition) is 7. The molecular formula is C21H26N4O3S. The second-order valence-electron chi connectivity index (χ2n) is 6.85. The Balaban J connectivity index is 1.84. The molecule has 0 saturated heterocycles. The van der Waals surface area contributed by atoms with Crippen molar-refractivity contribution in [2.75, 3.05) is 21.2 Å². The molecule has 3 rings (SSSR count). The minimum absolute atomic E-state index is 0.176. The fraction of sp³-hybridized carbons (Fsp3) is 0.381. The second kappa shape index (κ2) is 9.76. The fourth-order valence-corrected chi connectivity index (χ4v) is 3.99. The summed E-state index contributed by atoms with van der Waals surface area (Å²) in [6.07, 6.45) is 0.936. The first-order valence-corrected chi connectivity index (χ1v) is 10.4. The van der Waals surface area contributed by atoms with Gasteiger partial charge in [0.25, 0.3) is 0 Å². The minimum atomic E-state index is -0.479. The van der Waals surface area contributed by atoms with Crippen LogP contribution in [0, 0.1) is 0 Å². The molecule has 0 bridgehead atoms. The number of nitrogens with zero attached hydrogens (tertiary/aromatic N) is 4. The van der Waals surface area contributed by atoms with Gasteiger partial charge in [-0.15, -0.1) is 10.2 Å². The number of furan rings is 1. The summed E-state index contributed by atoms with van der Waals surface area (Å²) in [5.41, 5.74) is 1.19. The SMILES string of the molecule is CC[C@H](c1nnc(SCc2ccc(C(=O)OC)o2)n1Cc1ccccc1)N(C)C. The first-order chi connectivity index (χ1) is 14.0. The lowest BCUT2D eigenvalue weighted by Crippen LogP contribution is -2.23. The van der Waals surface area contributed by atoms with E-state index in [0.29, 0.717) is 18.1 Å². The maximum absolute atomic E-state index is 11.6. The van der Waals surface area contributed by atoms with Gasteiger partial charge in [-0.2, -0.15) is 0 Å². The third kappa shape index (κ3) is 5.07. The Hall–Kier alpha value is -2.58. The minimum Gasteiger partial charge on any atom is -0.463 e. The Labute approximate surface area is 175 Å². The number of methoxy groups -OCH3 is 1. The van der Waals surface area contributed by atoms with Gasteiger partial charge in [0.1, 0.15) is 5.76 Å². The van der Waals surface area contributed by atoms with Crippen LogP contribution in [-0.2, 0) is 17.0 Å². The van der Waals surface area contributed by atoms with Gasteiger partial charge in [-0.25, -0.2) is 4.79 Å². The number of carbonyl (C=O) groups excluding carboxylic acids is 1. The number of esters is 1. The number of thioether (sulfide) groups is 1. The normalized spacial score (nSPS) is 12.3. The van der Waals surface area contributed by atoms with Crippen molar-refractivity contribution < 1.29 is 13.9 Å². The van der Waals surface area contributed by atoms with Gasteiger partial charge in [0, 0.05) is 0 Å². The second-order valence-corrected chi connectivity index (χ2v) is 7.79. The molecule has 0 radical (unpaired) electrons. The van der Waals surface area contributed by atoms with Crippen molar-refractivity contribution in [1.82, 2.24) is 19.7 Å². The van der Waals surface area contributed by atoms with Crippen molar-refractivity contribution in [3.63, 3.8) is 0 Å². The Kier molecular flexibility index (Phi) is 7.11. The van der Waals surface area contributed by atoms with E-state index in [1.54, 1.807) is 12.1 Å². The summed E-state index contributed by atoms with van der Waals surface area (Å²) in [6, 6.07) is 13.9. The van der Waals surface area contributed by atoms with Gasteiger partial charge in [0.15, 0.2) is 11.0 Å². The zero-order chi connectivity index (χ0) is 20.8. The van der Waals surface area contributed by atoms with Crippen LogP contribution in [0.4, 0.5) is 0 Å². The van der Waals surface area contributed by atoms with Crippen molar-refractivity contribution in [3.05, 3.63) is 65.4 Å². The number of aromatic nitrogens is 3. The van der Waals surface area contributed by atoms with Gasteiger partial charge in [-0.3, -0.25) is 4.90 Å². The van der Waals surface area contributed by atoms with Crippen LogP contribution in [0.1, 0.15) is 47.1 Å². The molecule has 1 aromatic carbocycles. The highest BCUT2D eigenvalue weighted by Gasteiger charge is 2.22. The largest absolute Gasteiger partial charge is 0.463 e. The lowest BCUT2D eigenvalue weighted by atomic mass is 10.2. The van der Waals surface area contributed by atoms with Gasteiger partial charge in [-0.1, -0.05) is 49.0 Å². The molecule has 8 heteroatoms. The predicted molar refractivity (Wildman–Crippen MR) is 112 cm³/mol. The van der Waals surface area contributed by atoms with Crippen LogP contribution in [0.2, 0.25) is 0 Å². The number of hydrogen-bond donors (Lipinski definition) is 0. The fourth-order valence-electron chi connectivity index (χ4n) is 3.15. The van der Waals surface area contributed by atoms with E-state index in [2.05, 4.69) is 52.8 Å². The molecule has 0 amide bonds. The molecule has 3 aromatic rings. The standard InChI is InChI=1S/C21H26N4O3S/c1-5-17(24(2)3)19-22-23-21(25(19)13-15-9-7-6-8-10-15)29-14-16-11-12-18(28-16)20(26)27-4/h6-12,17H,5,13-14H2,1-4H3/t17-/m1/s1. The third-order valence-electron chi connectivity index (χ3n) is 4.63. The molecule has 2 aromatic heterocycles. The van der Waals surface area contributed by atoms with Crippen LogP contribution >= 0.6 is 11.8 Å². The van der Waals surface area contributed by atoms with Gasteiger partial charge in [0.2, 0.25) is 5.76 Å². The smallest absolute Gasteiger partial charge is 0.373 e. The van der Waals surface area contributed by atoms with E-state index >= 15 is 0 Å². The molecule has 0 aliphatic carbocycles. The molecule has 0 spiro atoms. The van der Waals surface area contributed by atoms with Crippen LogP contribution in [0.3, 0.4) is 0 Å². The Bertz CT molecular complexity index is 937. The summed E-state index contributed by atoms with van der Waals surface area (Å²) in [7, 11) is 5.45. The average Bonchev–Trinajstić information content (AvgIpc) is 3.35. The van der Waals surface area contributed by atoms with Crippen molar-refractivity contribution in [2.45, 2.75) is 36.8 Å². The zero-order valence-electron chi connectivity index (χ0n) is 17.2. The molecule has 1 atom stereocenters. The summed E-state index contributed by atoms with van der Waals surface area (Å²) in [5, 5.41) is 9.78. The predicted octanol–water partition coefficient (Wildman–Crippen LogP) is 4.01. The summed E-state index contributed by atoms with van der Waals surface area (Å²) >= 11 is 1.54. The molecule has 7 nitrogen and oxygen atoms in total. The third-order valence-corrected chi connectivity index (χ3v) is 5.62. The van der Waals surface area contributed by atoms with Gasteiger partial charge in [0.05, 0.1) is 25.4 Å². The van der Waals surface area contributed by atoms with Gasteiger partial charge in [-0.05, 0) is 38.2 Å². The van der Waals surface area contributed by atoms with E-state index in [-0.39, 0.29) is 11.8 Å². The van der Waals surface area contributed by atoms with E-state index in [0.717, 1.165) is 17.4 Å². The van der Waals surface area contributed by atoms with Crippen LogP contribution in [-0.4, -0.2) is 46.8 Å². The Morgan fingerprint density at radius 1 is 1.21 bits per heavy atom. The highest BCUT2D eigenvalue weighted by atomic mass is 32.2. The van der Waals surface area contributed by atoms with Crippen LogP contribution in [0.15, 0.2) is 52.0 Å². The van der Waals surface area contributed by atoms with Gasteiger partial charge >= 0.3 is 5.97 Å². The molecule has 2 heterocycles. The molecule has 0 saturated carbocycles. The van der Waals surface area contributed by atoms with Crippen LogP contribution in [0.5, 0.6) is 0 Å². The number of ether oxygens (including phenoxy) is 1. The molecule has 154 valence electrons. The Morgan fingerprint density at radius 2 is 1.97 bits per heavy atom. The highest BCUT2D eigenvalue weighted by Crippen LogP contribution is 2.28. The molecule has 0 unspecified atom stereocenters. The van der Waals surface area contributed by atoms with E-state index in [1.165, 1.54) is 24.4 Å². The van der Waals surface area contributed by atoms with Crippen molar-refractivity contribution in [1.29, 1.82) is 0 Å². The topological polar surface area (TPSA) is 73.4 Å². The lowest BCUT2D eigenvalue weighted by molar-refractivity contribution is 0.0563. The maximum Gasteiger partial charge on any atom is 0.373 e. The number of benzene rings is 1. The summed E-state index contributed by atoms with van der Waals surface area (Å²) in [6.45, 7) is 2.84. The number of carbonyl (C=O) groups is 1. The first-order valence-electron chi connectivity index (χ1n) is 9.46. The summed E-state index contributed by atoms with van der Waals surface area (Å²) < 4.78 is 12.4. The Morgan fingerprint density at radius 3 is 2.62 bits per heavy atom. The maximum atomic E-state index is 11.6. The molecule has 0 aliphatic heterocycles. The van der Waals surface area contributed by atoms with Crippen molar-refractivity contribution in [3.8, 4) is 0 Å². The van der Waals surface area contributed by atoms with Crippen molar-refractivity contribution >= 4 is 17.7 Å². The van der Waals surface area contributed by atoms with Crippen LogP contribution in [0.25, 0.3) is 0 Å². The quantitative estimate of drug-likeness (QED) is 0.387. The van der Waals surface area contributed by atoms with E-state index in [9.17, 15) is 4.79 Å². The van der Waals surface area contributed by atoms with Crippen LogP contribution < -0.4 is 0 Å². The zero-order valence-corrected chi connectivity index (χ0v) is 18.0. The molecule has 0 fully saturated rings. The van der Waals surface area contributed by atoms with E-state index < -0.39 is 5.97 Å². The molecule has 29 heavy (non-hydrogen) atoms. The monoisotopic (exact) mass is 414 g/mol. The summed E-state index contributed by atoms with van der Waals surface area (Å²) in [5.74, 6) is 1.90. The first kappa shape index (κ1) is 21.1. The van der Waals surface area contributed by atoms with Gasteiger partial charge < -0.3 is 13.7 Å². The van der Waals surface area contributed by atoms with Crippen molar-refractivity contribution in [2.24, 2.45) is 0 Å². The van der Waals surface area contributed by atoms with E-state index in [4.69, 9.17) is 9.15 Å². The highest BCUT2D eigenvalue weighted by molar-refractivity contribution is 7.98. The summed E-state index contributed by atoms with van der Waals surface area (Å²) in [4.78, 5) is 13.7. The molecule has 0 aliphatic rings. The number of rotatable bonds is 9. The lowest BCUT2D eigenvalue weighted by Gasteiger charge is -2.23. The average molecular weight is 415 g/mol. The molecule has 0 N–H and O–H groups in total.